The molecule has 23 heavy (non-hydrogen) atoms. The Morgan fingerprint density at radius 2 is 1.87 bits per heavy atom. The Balaban J connectivity index is 2.02. The second kappa shape index (κ2) is 5.27. The topological polar surface area (TPSA) is 29.1 Å². The second-order valence-electron chi connectivity index (χ2n) is 5.82. The van der Waals surface area contributed by atoms with E-state index in [0.717, 1.165) is 12.1 Å². The summed E-state index contributed by atoms with van der Waals surface area (Å²) < 4.78 is 38.6. The highest BCUT2D eigenvalue weighted by atomic mass is 35.5. The van der Waals surface area contributed by atoms with E-state index in [1.54, 1.807) is 31.2 Å². The van der Waals surface area contributed by atoms with Crippen molar-refractivity contribution in [3.05, 3.63) is 64.2 Å². The Morgan fingerprint density at radius 3 is 2.57 bits per heavy atom. The van der Waals surface area contributed by atoms with Crippen molar-refractivity contribution in [2.24, 2.45) is 0 Å². The Labute approximate surface area is 136 Å². The molecule has 1 aliphatic heterocycles. The van der Waals surface area contributed by atoms with Gasteiger partial charge in [-0.3, -0.25) is 4.79 Å². The van der Waals surface area contributed by atoms with Crippen molar-refractivity contribution in [3.63, 3.8) is 0 Å². The van der Waals surface area contributed by atoms with Gasteiger partial charge in [0.15, 0.2) is 0 Å². The number of carbonyl (C=O) groups is 1. The summed E-state index contributed by atoms with van der Waals surface area (Å²) in [4.78, 5) is 12.4. The number of rotatable bonds is 2. The monoisotopic (exact) mass is 339 g/mol. The third-order valence-corrected chi connectivity index (χ3v) is 4.44. The van der Waals surface area contributed by atoms with Crippen LogP contribution in [0.15, 0.2) is 42.5 Å². The lowest BCUT2D eigenvalue weighted by atomic mass is 9.78. The summed E-state index contributed by atoms with van der Waals surface area (Å²) in [5, 5.41) is 3.17. The molecule has 0 spiro atoms. The molecule has 1 amide bonds. The lowest BCUT2D eigenvalue weighted by Crippen LogP contribution is -2.33. The maximum atomic E-state index is 12.9. The number of fused-ring (bicyclic) bond motifs is 1. The summed E-state index contributed by atoms with van der Waals surface area (Å²) >= 11 is 6.22. The number of halogens is 4. The van der Waals surface area contributed by atoms with Gasteiger partial charge in [-0.1, -0.05) is 35.9 Å². The average Bonchev–Trinajstić information content (AvgIpc) is 2.71. The average molecular weight is 340 g/mol. The van der Waals surface area contributed by atoms with Crippen molar-refractivity contribution in [3.8, 4) is 0 Å². The van der Waals surface area contributed by atoms with E-state index in [2.05, 4.69) is 5.32 Å². The summed E-state index contributed by atoms with van der Waals surface area (Å²) in [6.45, 7) is 1.69. The van der Waals surface area contributed by atoms with E-state index in [1.807, 2.05) is 0 Å². The van der Waals surface area contributed by atoms with Gasteiger partial charge in [0.05, 0.1) is 11.0 Å². The van der Waals surface area contributed by atoms with Crippen LogP contribution in [0.3, 0.4) is 0 Å². The molecule has 1 aliphatic rings. The van der Waals surface area contributed by atoms with E-state index < -0.39 is 17.2 Å². The lowest BCUT2D eigenvalue weighted by molar-refractivity contribution is -0.137. The van der Waals surface area contributed by atoms with Crippen LogP contribution in [0.25, 0.3) is 0 Å². The molecule has 3 rings (SSSR count). The first kappa shape index (κ1) is 15.9. The van der Waals surface area contributed by atoms with Crippen molar-refractivity contribution in [2.45, 2.75) is 24.9 Å². The first-order valence-electron chi connectivity index (χ1n) is 6.98. The van der Waals surface area contributed by atoms with Crippen molar-refractivity contribution in [1.29, 1.82) is 0 Å². The highest BCUT2D eigenvalue weighted by Crippen LogP contribution is 2.44. The predicted molar refractivity (Wildman–Crippen MR) is 82.6 cm³/mol. The fourth-order valence-electron chi connectivity index (χ4n) is 3.00. The molecule has 0 saturated heterocycles. The van der Waals surface area contributed by atoms with Crippen LogP contribution in [0, 0.1) is 0 Å². The molecule has 120 valence electrons. The van der Waals surface area contributed by atoms with E-state index in [0.29, 0.717) is 21.8 Å². The van der Waals surface area contributed by atoms with Crippen LogP contribution in [-0.2, 0) is 22.8 Å². The van der Waals surface area contributed by atoms with Gasteiger partial charge in [0.2, 0.25) is 5.91 Å². The number of hydrogen-bond donors (Lipinski definition) is 1. The van der Waals surface area contributed by atoms with Crippen LogP contribution in [-0.4, -0.2) is 5.91 Å². The van der Waals surface area contributed by atoms with Crippen molar-refractivity contribution in [1.82, 2.24) is 0 Å². The molecule has 1 unspecified atom stereocenters. The molecule has 2 nitrogen and oxygen atoms in total. The van der Waals surface area contributed by atoms with Gasteiger partial charge in [-0.25, -0.2) is 0 Å². The fourth-order valence-corrected chi connectivity index (χ4v) is 3.38. The lowest BCUT2D eigenvalue weighted by Gasteiger charge is -2.23. The predicted octanol–water partition coefficient (Wildman–Crippen LogP) is 4.81. The largest absolute Gasteiger partial charge is 0.416 e. The van der Waals surface area contributed by atoms with Crippen LogP contribution in [0.4, 0.5) is 18.9 Å². The molecule has 2 aromatic rings. The van der Waals surface area contributed by atoms with Gasteiger partial charge in [0.1, 0.15) is 0 Å². The van der Waals surface area contributed by atoms with E-state index in [4.69, 9.17) is 11.6 Å². The number of nitrogens with one attached hydrogen (secondary N) is 1. The standard InChI is InChI=1S/C17H13ClF3NO/c1-16(9-10-4-2-5-11(8-10)17(19,20)21)14-12(18)6-3-7-13(14)22-15(16)23/h2-8H,9H2,1H3,(H,22,23). The highest BCUT2D eigenvalue weighted by Gasteiger charge is 2.44. The minimum Gasteiger partial charge on any atom is -0.325 e. The number of carbonyl (C=O) groups excluding carboxylic acids is 1. The summed E-state index contributed by atoms with van der Waals surface area (Å²) in [6.07, 6.45) is -4.27. The van der Waals surface area contributed by atoms with Crippen molar-refractivity contribution < 1.29 is 18.0 Å². The summed E-state index contributed by atoms with van der Waals surface area (Å²) in [5.74, 6) is -0.266. The van der Waals surface area contributed by atoms with Crippen molar-refractivity contribution >= 4 is 23.2 Å². The molecule has 0 bridgehead atoms. The number of alkyl halides is 3. The van der Waals surface area contributed by atoms with E-state index in [1.165, 1.54) is 6.07 Å². The van der Waals surface area contributed by atoms with Crippen molar-refractivity contribution in [2.75, 3.05) is 5.32 Å². The normalized spacial score (nSPS) is 20.3. The minimum absolute atomic E-state index is 0.138. The maximum Gasteiger partial charge on any atom is 0.416 e. The van der Waals surface area contributed by atoms with E-state index >= 15 is 0 Å². The summed E-state index contributed by atoms with van der Waals surface area (Å²) in [7, 11) is 0. The zero-order valence-electron chi connectivity index (χ0n) is 12.2. The molecule has 6 heteroatoms. The number of amides is 1. The second-order valence-corrected chi connectivity index (χ2v) is 6.23. The van der Waals surface area contributed by atoms with E-state index in [-0.39, 0.29) is 12.3 Å². The van der Waals surface area contributed by atoms with Gasteiger partial charge in [-0.2, -0.15) is 13.2 Å². The molecule has 0 aliphatic carbocycles. The van der Waals surface area contributed by atoms with Gasteiger partial charge < -0.3 is 5.32 Å². The van der Waals surface area contributed by atoms with Crippen LogP contribution >= 0.6 is 11.6 Å². The molecular formula is C17H13ClF3NO. The van der Waals surface area contributed by atoms with Gasteiger partial charge in [-0.05, 0) is 37.1 Å². The molecule has 1 atom stereocenters. The molecule has 2 aromatic carbocycles. The van der Waals surface area contributed by atoms with Gasteiger partial charge in [0, 0.05) is 16.3 Å². The number of benzene rings is 2. The molecule has 0 fully saturated rings. The zero-order chi connectivity index (χ0) is 16.8. The highest BCUT2D eigenvalue weighted by molar-refractivity contribution is 6.33. The molecule has 1 N–H and O–H groups in total. The third kappa shape index (κ3) is 2.70. The molecule has 0 radical (unpaired) electrons. The van der Waals surface area contributed by atoms with Crippen LogP contribution in [0.1, 0.15) is 23.6 Å². The SMILES string of the molecule is CC1(Cc2cccc(C(F)(F)F)c2)C(=O)Nc2cccc(Cl)c21. The van der Waals surface area contributed by atoms with E-state index in [9.17, 15) is 18.0 Å². The maximum absolute atomic E-state index is 12.9. The first-order valence-corrected chi connectivity index (χ1v) is 7.36. The summed E-state index contributed by atoms with van der Waals surface area (Å²) in [5.41, 5.74) is -0.0552. The summed E-state index contributed by atoms with van der Waals surface area (Å²) in [6, 6.07) is 10.2. The van der Waals surface area contributed by atoms with Crippen LogP contribution in [0.5, 0.6) is 0 Å². The Kier molecular flexibility index (Phi) is 3.64. The fraction of sp³-hybridized carbons (Fsp3) is 0.235. The van der Waals surface area contributed by atoms with Crippen LogP contribution in [0.2, 0.25) is 5.02 Å². The quantitative estimate of drug-likeness (QED) is 0.835. The minimum atomic E-state index is -4.41. The Hall–Kier alpha value is -2.01. The molecule has 0 saturated carbocycles. The molecule has 0 aromatic heterocycles. The first-order chi connectivity index (χ1) is 10.7. The molecular weight excluding hydrogens is 327 g/mol. The third-order valence-electron chi connectivity index (χ3n) is 4.13. The van der Waals surface area contributed by atoms with Gasteiger partial charge in [0.25, 0.3) is 0 Å². The smallest absolute Gasteiger partial charge is 0.325 e. The molecule has 1 heterocycles. The Morgan fingerprint density at radius 1 is 1.17 bits per heavy atom. The zero-order valence-corrected chi connectivity index (χ0v) is 12.9. The number of anilines is 1. The van der Waals surface area contributed by atoms with Crippen LogP contribution < -0.4 is 5.32 Å². The van der Waals surface area contributed by atoms with Gasteiger partial charge in [-0.15, -0.1) is 0 Å². The Bertz CT molecular complexity index is 788. The number of hydrogen-bond acceptors (Lipinski definition) is 1. The van der Waals surface area contributed by atoms with Gasteiger partial charge >= 0.3 is 6.18 Å².